The molecule has 0 saturated heterocycles. The summed E-state index contributed by atoms with van der Waals surface area (Å²) in [5, 5.41) is 9.79. The standard InChI is InChI=1S/C44H79O9P/c1-4-5-34-41(45)35-30-26-22-18-14-11-12-16-20-24-28-32-37-44(47)53-42(39-52-54(48,49)50)38-51-43(46)36-31-27-23-19-15-10-8-6-7-9-13-17-21-25-29-33-40(2)3/h11-12,18,20,22,24,30,35,40-42,45H,4-10,13-17,19,21,23,25-29,31-34,36-39H2,1-3H3,(H2,48,49,50)/b12-11-,22-18-,24-20-,35-30-/t41-,42-/m1/s1. The van der Waals surface area contributed by atoms with Gasteiger partial charge in [-0.1, -0.05) is 179 Å². The number of carbonyl (C=O) groups is 2. The zero-order valence-electron chi connectivity index (χ0n) is 34.4. The number of allylic oxidation sites excluding steroid dienone is 7. The number of ether oxygens (including phenoxy) is 2. The molecule has 0 saturated carbocycles. The first kappa shape index (κ1) is 52.0. The van der Waals surface area contributed by atoms with E-state index in [1.165, 1.54) is 83.5 Å². The summed E-state index contributed by atoms with van der Waals surface area (Å²) in [7, 11) is -4.78. The Bertz CT molecular complexity index is 1050. The number of hydrogen-bond donors (Lipinski definition) is 3. The van der Waals surface area contributed by atoms with Crippen molar-refractivity contribution in [2.75, 3.05) is 13.2 Å². The molecule has 9 nitrogen and oxygen atoms in total. The Labute approximate surface area is 329 Å². The topological polar surface area (TPSA) is 140 Å². The van der Waals surface area contributed by atoms with E-state index in [-0.39, 0.29) is 25.6 Å². The molecule has 3 N–H and O–H groups in total. The van der Waals surface area contributed by atoms with Crippen molar-refractivity contribution in [3.05, 3.63) is 48.6 Å². The maximum atomic E-state index is 12.4. The Morgan fingerprint density at radius 1 is 0.593 bits per heavy atom. The van der Waals surface area contributed by atoms with E-state index in [1.807, 2.05) is 24.3 Å². The molecule has 0 radical (unpaired) electrons. The molecule has 314 valence electrons. The highest BCUT2D eigenvalue weighted by atomic mass is 31.2. The fraction of sp³-hybridized carbons (Fsp3) is 0.773. The molecule has 0 aromatic rings. The van der Waals surface area contributed by atoms with Crippen molar-refractivity contribution in [1.29, 1.82) is 0 Å². The summed E-state index contributed by atoms with van der Waals surface area (Å²) in [4.78, 5) is 42.8. The predicted molar refractivity (Wildman–Crippen MR) is 222 cm³/mol. The van der Waals surface area contributed by atoms with E-state index in [1.54, 1.807) is 0 Å². The Morgan fingerprint density at radius 3 is 1.59 bits per heavy atom. The van der Waals surface area contributed by atoms with Crippen LogP contribution in [0.15, 0.2) is 48.6 Å². The van der Waals surface area contributed by atoms with E-state index < -0.39 is 32.5 Å². The Kier molecular flexibility index (Phi) is 36.4. The van der Waals surface area contributed by atoms with Crippen LogP contribution in [0, 0.1) is 5.92 Å². The Hall–Kier alpha value is -2.03. The van der Waals surface area contributed by atoms with Crippen LogP contribution in [0.3, 0.4) is 0 Å². The molecule has 0 aliphatic carbocycles. The van der Waals surface area contributed by atoms with Gasteiger partial charge in [0.1, 0.15) is 6.61 Å². The van der Waals surface area contributed by atoms with E-state index in [0.29, 0.717) is 19.3 Å². The van der Waals surface area contributed by atoms with Crippen molar-refractivity contribution in [1.82, 2.24) is 0 Å². The molecule has 0 aromatic heterocycles. The Balaban J connectivity index is 4.02. The van der Waals surface area contributed by atoms with Crippen LogP contribution in [0.5, 0.6) is 0 Å². The first-order valence-corrected chi connectivity index (χ1v) is 22.9. The monoisotopic (exact) mass is 783 g/mol. The van der Waals surface area contributed by atoms with Gasteiger partial charge >= 0.3 is 19.8 Å². The third-order valence-corrected chi connectivity index (χ3v) is 9.58. The van der Waals surface area contributed by atoms with Crippen molar-refractivity contribution in [2.45, 2.75) is 200 Å². The van der Waals surface area contributed by atoms with Gasteiger partial charge in [0.05, 0.1) is 12.7 Å². The number of hydrogen-bond acceptors (Lipinski definition) is 7. The largest absolute Gasteiger partial charge is 0.469 e. The number of esters is 2. The van der Waals surface area contributed by atoms with Gasteiger partial charge in [-0.25, -0.2) is 4.57 Å². The summed E-state index contributed by atoms with van der Waals surface area (Å²) < 4.78 is 26.3. The summed E-state index contributed by atoms with van der Waals surface area (Å²) in [5.41, 5.74) is 0. The Morgan fingerprint density at radius 2 is 1.07 bits per heavy atom. The summed E-state index contributed by atoms with van der Waals surface area (Å²) >= 11 is 0. The minimum atomic E-state index is -4.78. The molecule has 0 unspecified atom stereocenters. The lowest BCUT2D eigenvalue weighted by atomic mass is 10.0. The highest BCUT2D eigenvalue weighted by molar-refractivity contribution is 7.46. The lowest BCUT2D eigenvalue weighted by Gasteiger charge is -2.18. The minimum absolute atomic E-state index is 0.119. The van der Waals surface area contributed by atoms with Crippen LogP contribution in [0.4, 0.5) is 0 Å². The number of aliphatic hydroxyl groups is 1. The fourth-order valence-corrected chi connectivity index (χ4v) is 6.22. The van der Waals surface area contributed by atoms with E-state index in [4.69, 9.17) is 19.3 Å². The minimum Gasteiger partial charge on any atom is -0.462 e. The molecule has 0 amide bonds. The average Bonchev–Trinajstić information content (AvgIpc) is 3.12. The predicted octanol–water partition coefficient (Wildman–Crippen LogP) is 12.0. The van der Waals surface area contributed by atoms with Gasteiger partial charge in [-0.2, -0.15) is 0 Å². The van der Waals surface area contributed by atoms with Crippen molar-refractivity contribution >= 4 is 19.8 Å². The van der Waals surface area contributed by atoms with Crippen LogP contribution in [0.25, 0.3) is 0 Å². The molecule has 2 atom stereocenters. The molecule has 0 bridgehead atoms. The van der Waals surface area contributed by atoms with E-state index >= 15 is 0 Å². The van der Waals surface area contributed by atoms with Gasteiger partial charge in [0.15, 0.2) is 6.10 Å². The van der Waals surface area contributed by atoms with Gasteiger partial charge in [-0.3, -0.25) is 14.1 Å². The van der Waals surface area contributed by atoms with Crippen molar-refractivity contribution in [2.24, 2.45) is 5.92 Å². The molecular weight excluding hydrogens is 703 g/mol. The second kappa shape index (κ2) is 37.9. The van der Waals surface area contributed by atoms with E-state index in [2.05, 4.69) is 49.6 Å². The molecular formula is C44H79O9P. The van der Waals surface area contributed by atoms with Crippen LogP contribution in [0.1, 0.15) is 188 Å². The lowest BCUT2D eigenvalue weighted by Crippen LogP contribution is -2.29. The molecule has 0 aromatic carbocycles. The number of rotatable bonds is 38. The number of unbranched alkanes of at least 4 members (excludes halogenated alkanes) is 16. The maximum Gasteiger partial charge on any atom is 0.469 e. The molecule has 0 aliphatic rings. The van der Waals surface area contributed by atoms with E-state index in [9.17, 15) is 19.3 Å². The van der Waals surface area contributed by atoms with Crippen LogP contribution in [-0.2, 0) is 28.2 Å². The normalized spacial score (nSPS) is 13.6. The highest BCUT2D eigenvalue weighted by Gasteiger charge is 2.22. The second-order valence-corrected chi connectivity index (χ2v) is 16.2. The summed E-state index contributed by atoms with van der Waals surface area (Å²) in [6.45, 7) is 5.84. The third-order valence-electron chi connectivity index (χ3n) is 9.10. The van der Waals surface area contributed by atoms with E-state index in [0.717, 1.165) is 57.3 Å². The molecule has 0 spiro atoms. The smallest absolute Gasteiger partial charge is 0.462 e. The summed E-state index contributed by atoms with van der Waals surface area (Å²) in [6.07, 6.45) is 41.8. The molecule has 0 aliphatic heterocycles. The van der Waals surface area contributed by atoms with Gasteiger partial charge < -0.3 is 24.4 Å². The average molecular weight is 783 g/mol. The highest BCUT2D eigenvalue weighted by Crippen LogP contribution is 2.36. The number of carbonyl (C=O) groups excluding carboxylic acids is 2. The quantitative estimate of drug-likeness (QED) is 0.0242. The SMILES string of the molecule is CCCC[C@@H](O)/C=C\C/C=C\C/C=C\C/C=C\CCCC(=O)O[C@H](COC(=O)CCCCCCCCCCCCCCCCCC(C)C)COP(=O)(O)O. The van der Waals surface area contributed by atoms with Crippen molar-refractivity contribution in [3.63, 3.8) is 0 Å². The first-order valence-electron chi connectivity index (χ1n) is 21.4. The van der Waals surface area contributed by atoms with Gasteiger partial charge in [-0.05, 0) is 50.9 Å². The van der Waals surface area contributed by atoms with Gasteiger partial charge in [0, 0.05) is 12.8 Å². The zero-order valence-corrected chi connectivity index (χ0v) is 35.3. The van der Waals surface area contributed by atoms with Crippen LogP contribution >= 0.6 is 7.82 Å². The van der Waals surface area contributed by atoms with Gasteiger partial charge in [0.25, 0.3) is 0 Å². The fourth-order valence-electron chi connectivity index (χ4n) is 5.86. The van der Waals surface area contributed by atoms with Crippen LogP contribution in [0.2, 0.25) is 0 Å². The molecule has 0 heterocycles. The third kappa shape index (κ3) is 41.1. The summed E-state index contributed by atoms with van der Waals surface area (Å²) in [6, 6.07) is 0. The molecule has 0 fully saturated rings. The van der Waals surface area contributed by atoms with Gasteiger partial charge in [-0.15, -0.1) is 0 Å². The summed E-state index contributed by atoms with van der Waals surface area (Å²) in [5.74, 6) is -0.138. The number of aliphatic hydroxyl groups excluding tert-OH is 1. The zero-order chi connectivity index (χ0) is 40.0. The molecule has 0 rings (SSSR count). The second-order valence-electron chi connectivity index (χ2n) is 15.0. The first-order chi connectivity index (χ1) is 26.0. The van der Waals surface area contributed by atoms with Crippen LogP contribution < -0.4 is 0 Å². The lowest BCUT2D eigenvalue weighted by molar-refractivity contribution is -0.161. The van der Waals surface area contributed by atoms with Crippen LogP contribution in [-0.4, -0.2) is 52.3 Å². The van der Waals surface area contributed by atoms with Crippen molar-refractivity contribution < 1.29 is 43.0 Å². The molecule has 54 heavy (non-hydrogen) atoms. The molecule has 10 heteroatoms. The van der Waals surface area contributed by atoms with Gasteiger partial charge in [0.2, 0.25) is 0 Å². The number of phosphoric acid groups is 1. The van der Waals surface area contributed by atoms with Crippen molar-refractivity contribution in [3.8, 4) is 0 Å². The number of phosphoric ester groups is 1. The maximum absolute atomic E-state index is 12.4.